The van der Waals surface area contributed by atoms with Crippen molar-refractivity contribution >= 4 is 17.8 Å². The van der Waals surface area contributed by atoms with Crippen molar-refractivity contribution in [2.24, 2.45) is 23.2 Å². The summed E-state index contributed by atoms with van der Waals surface area (Å²) in [6.07, 6.45) is 9.80. The molecule has 0 bridgehead atoms. The lowest BCUT2D eigenvalue weighted by atomic mass is 9.74. The molecule has 2 saturated heterocycles. The standard InChI is InChI=1S/C30H46N2O6/c1-19(2)20(17-33)32-23-25(35)31(28(6,7)18-27(3,4)5)15-12-14-30(23)21(24(32)34)22-26(36)37-16-11-9-10-13-29(22,8)38-30/h10,12-14,19-23,33H,9,11,15-18H2,1-8H3/b13-10-/t20-,21-,22-,23?,29+,30-/m0/s1. The summed E-state index contributed by atoms with van der Waals surface area (Å²) in [5.74, 6) is -2.99. The summed E-state index contributed by atoms with van der Waals surface area (Å²) < 4.78 is 12.5. The number of nitrogens with zero attached hydrogens (tertiary/aromatic N) is 2. The molecule has 0 radical (unpaired) electrons. The van der Waals surface area contributed by atoms with Gasteiger partial charge in [-0.15, -0.1) is 0 Å². The van der Waals surface area contributed by atoms with Gasteiger partial charge in [-0.3, -0.25) is 14.4 Å². The van der Waals surface area contributed by atoms with Gasteiger partial charge in [-0.2, -0.15) is 0 Å². The number of cyclic esters (lactones) is 1. The van der Waals surface area contributed by atoms with E-state index in [1.54, 1.807) is 0 Å². The average molecular weight is 531 g/mol. The molecule has 0 aromatic rings. The molecule has 4 aliphatic rings. The Balaban J connectivity index is 1.90. The molecule has 4 aliphatic heterocycles. The quantitative estimate of drug-likeness (QED) is 0.432. The summed E-state index contributed by atoms with van der Waals surface area (Å²) in [6, 6.07) is -1.61. The Bertz CT molecular complexity index is 1030. The fourth-order valence-corrected chi connectivity index (χ4v) is 7.49. The van der Waals surface area contributed by atoms with Gasteiger partial charge >= 0.3 is 5.97 Å². The number of likely N-dealkylation sites (tertiary alicyclic amines) is 1. The molecule has 8 nitrogen and oxygen atoms in total. The maximum Gasteiger partial charge on any atom is 0.313 e. The van der Waals surface area contributed by atoms with Crippen LogP contribution in [0.25, 0.3) is 0 Å². The van der Waals surface area contributed by atoms with Crippen molar-refractivity contribution in [3.8, 4) is 0 Å². The number of fused-ring (bicyclic) bond motifs is 2. The average Bonchev–Trinajstić information content (AvgIpc) is 3.12. The van der Waals surface area contributed by atoms with Gasteiger partial charge in [0.1, 0.15) is 17.6 Å². The minimum Gasteiger partial charge on any atom is -0.465 e. The van der Waals surface area contributed by atoms with Crippen LogP contribution in [0.3, 0.4) is 0 Å². The molecule has 1 unspecified atom stereocenters. The van der Waals surface area contributed by atoms with Crippen molar-refractivity contribution in [2.75, 3.05) is 19.8 Å². The molecule has 0 aromatic heterocycles. The maximum absolute atomic E-state index is 14.7. The Morgan fingerprint density at radius 1 is 1.05 bits per heavy atom. The number of carbonyl (C=O) groups is 3. The number of aliphatic hydroxyl groups is 1. The third kappa shape index (κ3) is 4.61. The molecule has 212 valence electrons. The molecule has 8 heteroatoms. The molecule has 0 aliphatic carbocycles. The highest BCUT2D eigenvalue weighted by atomic mass is 16.6. The van der Waals surface area contributed by atoms with Crippen molar-refractivity contribution in [3.63, 3.8) is 0 Å². The van der Waals surface area contributed by atoms with E-state index in [2.05, 4.69) is 34.6 Å². The number of amides is 2. The van der Waals surface area contributed by atoms with Crippen LogP contribution in [-0.4, -0.2) is 81.3 Å². The number of rotatable bonds is 5. The first kappa shape index (κ1) is 28.8. The van der Waals surface area contributed by atoms with Crippen LogP contribution in [0.2, 0.25) is 0 Å². The maximum atomic E-state index is 14.7. The van der Waals surface area contributed by atoms with Crippen LogP contribution in [0.5, 0.6) is 0 Å². The Morgan fingerprint density at radius 3 is 2.34 bits per heavy atom. The third-order valence-corrected chi connectivity index (χ3v) is 8.70. The lowest BCUT2D eigenvalue weighted by molar-refractivity contribution is -0.163. The van der Waals surface area contributed by atoms with Crippen LogP contribution in [0, 0.1) is 23.2 Å². The van der Waals surface area contributed by atoms with Crippen molar-refractivity contribution in [3.05, 3.63) is 24.3 Å². The molecule has 0 saturated carbocycles. The first-order chi connectivity index (χ1) is 17.6. The molecule has 6 atom stereocenters. The summed E-state index contributed by atoms with van der Waals surface area (Å²) in [7, 11) is 0. The molecule has 4 rings (SSSR count). The first-order valence-corrected chi connectivity index (χ1v) is 14.1. The molecule has 1 spiro atoms. The number of esters is 1. The van der Waals surface area contributed by atoms with Gasteiger partial charge in [0, 0.05) is 12.1 Å². The van der Waals surface area contributed by atoms with Crippen LogP contribution < -0.4 is 0 Å². The Morgan fingerprint density at radius 2 is 1.74 bits per heavy atom. The topological polar surface area (TPSA) is 96.4 Å². The number of hydrogen-bond acceptors (Lipinski definition) is 6. The Hall–Kier alpha value is -2.19. The second-order valence-corrected chi connectivity index (χ2v) is 13.8. The highest BCUT2D eigenvalue weighted by molar-refractivity contribution is 5.99. The van der Waals surface area contributed by atoms with Crippen molar-refractivity contribution in [1.82, 2.24) is 9.80 Å². The van der Waals surface area contributed by atoms with Gasteiger partial charge in [-0.05, 0) is 51.4 Å². The van der Waals surface area contributed by atoms with Gasteiger partial charge in [0.15, 0.2) is 0 Å². The predicted octanol–water partition coefficient (Wildman–Crippen LogP) is 3.48. The van der Waals surface area contributed by atoms with E-state index in [0.29, 0.717) is 13.0 Å². The third-order valence-electron chi connectivity index (χ3n) is 8.70. The molecule has 4 heterocycles. The highest BCUT2D eigenvalue weighted by Crippen LogP contribution is 2.58. The normalized spacial score (nSPS) is 35.6. The zero-order valence-electron chi connectivity index (χ0n) is 24.3. The number of ether oxygens (including phenoxy) is 2. The van der Waals surface area contributed by atoms with Gasteiger partial charge in [0.05, 0.1) is 30.8 Å². The van der Waals surface area contributed by atoms with Crippen LogP contribution in [0.4, 0.5) is 0 Å². The highest BCUT2D eigenvalue weighted by Gasteiger charge is 2.75. The summed E-state index contributed by atoms with van der Waals surface area (Å²) in [5.41, 5.74) is -3.01. The molecule has 1 N–H and O–H groups in total. The molecule has 2 fully saturated rings. The number of hydrogen-bond donors (Lipinski definition) is 1. The van der Waals surface area contributed by atoms with Gasteiger partial charge in [-0.25, -0.2) is 0 Å². The van der Waals surface area contributed by atoms with E-state index < -0.39 is 46.6 Å². The van der Waals surface area contributed by atoms with Crippen molar-refractivity contribution in [1.29, 1.82) is 0 Å². The van der Waals surface area contributed by atoms with E-state index in [4.69, 9.17) is 9.47 Å². The van der Waals surface area contributed by atoms with Gasteiger partial charge in [0.2, 0.25) is 11.8 Å². The summed E-state index contributed by atoms with van der Waals surface area (Å²) in [6.45, 7) is 16.6. The van der Waals surface area contributed by atoms with Gasteiger partial charge < -0.3 is 24.4 Å². The summed E-state index contributed by atoms with van der Waals surface area (Å²) in [4.78, 5) is 46.0. The molecule has 2 amide bonds. The van der Waals surface area contributed by atoms with E-state index >= 15 is 0 Å². The molecular formula is C30H46N2O6. The second-order valence-electron chi connectivity index (χ2n) is 13.8. The number of aliphatic hydroxyl groups excluding tert-OH is 1. The minimum absolute atomic E-state index is 0.0351. The molecule has 38 heavy (non-hydrogen) atoms. The number of carbonyl (C=O) groups excluding carboxylic acids is 3. The van der Waals surface area contributed by atoms with Crippen LogP contribution in [-0.2, 0) is 23.9 Å². The fraction of sp³-hybridized carbons (Fsp3) is 0.767. The smallest absolute Gasteiger partial charge is 0.313 e. The fourth-order valence-electron chi connectivity index (χ4n) is 7.49. The Kier molecular flexibility index (Phi) is 7.41. The van der Waals surface area contributed by atoms with E-state index in [0.717, 1.165) is 12.8 Å². The largest absolute Gasteiger partial charge is 0.465 e. The van der Waals surface area contributed by atoms with Crippen LogP contribution >= 0.6 is 0 Å². The van der Waals surface area contributed by atoms with Gasteiger partial charge in [0.25, 0.3) is 0 Å². The van der Waals surface area contributed by atoms with E-state index in [1.807, 2.05) is 50.0 Å². The predicted molar refractivity (Wildman–Crippen MR) is 144 cm³/mol. The minimum atomic E-state index is -1.36. The zero-order chi connectivity index (χ0) is 28.3. The molecular weight excluding hydrogens is 484 g/mol. The number of allylic oxidation sites excluding steroid dienone is 1. The van der Waals surface area contributed by atoms with Crippen LogP contribution in [0.15, 0.2) is 24.3 Å². The lowest BCUT2D eigenvalue weighted by Gasteiger charge is -2.46. The van der Waals surface area contributed by atoms with E-state index in [9.17, 15) is 19.5 Å². The van der Waals surface area contributed by atoms with Crippen LogP contribution in [0.1, 0.15) is 74.7 Å². The van der Waals surface area contributed by atoms with E-state index in [1.165, 1.54) is 4.90 Å². The summed E-state index contributed by atoms with van der Waals surface area (Å²) >= 11 is 0. The van der Waals surface area contributed by atoms with Crippen molar-refractivity contribution in [2.45, 2.75) is 103 Å². The SMILES string of the molecule is CC(C)[C@H](CO)N1C(=O)[C@@H]2[C@H]3C(=O)OCCC/C=C\[C@@]3(C)O[C@@]23C=CCN(C(C)(C)CC(C)(C)C)C(=O)C13. The monoisotopic (exact) mass is 530 g/mol. The Labute approximate surface area is 227 Å². The lowest BCUT2D eigenvalue weighted by Crippen LogP contribution is -2.62. The first-order valence-electron chi connectivity index (χ1n) is 14.1. The summed E-state index contributed by atoms with van der Waals surface area (Å²) in [5, 5.41) is 10.4. The van der Waals surface area contributed by atoms with E-state index in [-0.39, 0.29) is 36.4 Å². The second kappa shape index (κ2) is 9.77. The van der Waals surface area contributed by atoms with Gasteiger partial charge in [-0.1, -0.05) is 58.9 Å². The zero-order valence-corrected chi connectivity index (χ0v) is 24.3. The van der Waals surface area contributed by atoms with Crippen molar-refractivity contribution < 1.29 is 29.0 Å². The molecule has 0 aromatic carbocycles.